The highest BCUT2D eigenvalue weighted by atomic mass is 28.3. The molecule has 0 aliphatic heterocycles. The van der Waals surface area contributed by atoms with E-state index in [2.05, 4.69) is 0 Å². The van der Waals surface area contributed by atoms with Gasteiger partial charge < -0.3 is 9.47 Å². The van der Waals surface area contributed by atoms with Gasteiger partial charge in [-0.25, -0.2) is 0 Å². The lowest BCUT2D eigenvalue weighted by molar-refractivity contribution is 0.160. The molecule has 0 aliphatic carbocycles. The first-order chi connectivity index (χ1) is 13.1. The predicted octanol–water partition coefficient (Wildman–Crippen LogP) is 5.26. The molecule has 0 spiro atoms. The molecule has 4 nitrogen and oxygen atoms in total. The molecule has 0 saturated carbocycles. The minimum absolute atomic E-state index is 0.318. The average Bonchev–Trinajstić information content (AvgIpc) is 2.71. The Morgan fingerprint density at radius 1 is 0.704 bits per heavy atom. The SMILES string of the molecule is CCCOC(=O)[Si](Cc1ccccc1)(Cc1ccccc1)C(=O)OCCC. The number of carbonyl (C=O) groups is 2. The Morgan fingerprint density at radius 2 is 1.07 bits per heavy atom. The fraction of sp³-hybridized carbons (Fsp3) is 0.364. The summed E-state index contributed by atoms with van der Waals surface area (Å²) in [6.45, 7) is 4.52. The molecule has 0 N–H and O–H groups in total. The van der Waals surface area contributed by atoms with Gasteiger partial charge >= 0.3 is 8.07 Å². The summed E-state index contributed by atoms with van der Waals surface area (Å²) in [6.07, 6.45) is 1.44. The first kappa shape index (κ1) is 20.9. The molecule has 0 fully saturated rings. The van der Waals surface area contributed by atoms with Gasteiger partial charge in [-0.3, -0.25) is 9.59 Å². The molecule has 0 unspecified atom stereocenters. The second-order valence-corrected chi connectivity index (χ2v) is 10.4. The minimum Gasteiger partial charge on any atom is -0.470 e. The zero-order valence-electron chi connectivity index (χ0n) is 16.1. The molecule has 0 atom stereocenters. The van der Waals surface area contributed by atoms with E-state index in [1.165, 1.54) is 0 Å². The van der Waals surface area contributed by atoms with Gasteiger partial charge in [0.15, 0.2) is 0 Å². The predicted molar refractivity (Wildman–Crippen MR) is 109 cm³/mol. The summed E-state index contributed by atoms with van der Waals surface area (Å²) in [5.74, 6) is 0. The van der Waals surface area contributed by atoms with Crippen molar-refractivity contribution >= 4 is 19.3 Å². The zero-order chi connectivity index (χ0) is 19.5. The van der Waals surface area contributed by atoms with E-state index in [9.17, 15) is 9.59 Å². The van der Waals surface area contributed by atoms with E-state index >= 15 is 0 Å². The molecule has 5 heteroatoms. The maximum absolute atomic E-state index is 13.2. The smallest absolute Gasteiger partial charge is 0.320 e. The first-order valence-corrected chi connectivity index (χ1v) is 12.0. The highest BCUT2D eigenvalue weighted by Gasteiger charge is 2.53. The van der Waals surface area contributed by atoms with Crippen LogP contribution in [0.2, 0.25) is 0 Å². The van der Waals surface area contributed by atoms with E-state index in [0.717, 1.165) is 24.0 Å². The molecule has 0 bridgehead atoms. The van der Waals surface area contributed by atoms with Crippen molar-refractivity contribution < 1.29 is 19.1 Å². The third-order valence-electron chi connectivity index (χ3n) is 4.35. The normalized spacial score (nSPS) is 11.0. The van der Waals surface area contributed by atoms with Crippen molar-refractivity contribution in [1.29, 1.82) is 0 Å². The molecule has 144 valence electrons. The largest absolute Gasteiger partial charge is 0.470 e. The van der Waals surface area contributed by atoms with Crippen molar-refractivity contribution in [1.82, 2.24) is 0 Å². The summed E-state index contributed by atoms with van der Waals surface area (Å²) in [4.78, 5) is 26.4. The molecule has 27 heavy (non-hydrogen) atoms. The molecule has 2 aromatic carbocycles. The third kappa shape index (κ3) is 5.79. The Kier molecular flexibility index (Phi) is 8.26. The lowest BCUT2D eigenvalue weighted by atomic mass is 10.2. The number of rotatable bonds is 10. The number of hydrogen-bond acceptors (Lipinski definition) is 4. The van der Waals surface area contributed by atoms with Crippen molar-refractivity contribution in [3.63, 3.8) is 0 Å². The van der Waals surface area contributed by atoms with Gasteiger partial charge in [0, 0.05) is 0 Å². The van der Waals surface area contributed by atoms with Gasteiger partial charge in [-0.1, -0.05) is 74.5 Å². The Balaban J connectivity index is 2.44. The highest BCUT2D eigenvalue weighted by molar-refractivity contribution is 7.22. The van der Waals surface area contributed by atoms with Gasteiger partial charge in [0.1, 0.15) is 0 Å². The average molecular weight is 385 g/mol. The van der Waals surface area contributed by atoms with Gasteiger partial charge in [0.05, 0.1) is 13.2 Å². The van der Waals surface area contributed by atoms with Crippen LogP contribution in [0.1, 0.15) is 37.8 Å². The molecule has 2 aromatic rings. The van der Waals surface area contributed by atoms with Crippen molar-refractivity contribution in [3.05, 3.63) is 71.8 Å². The number of ether oxygens (including phenoxy) is 2. The fourth-order valence-electron chi connectivity index (χ4n) is 2.99. The van der Waals surface area contributed by atoms with Gasteiger partial charge in [-0.15, -0.1) is 0 Å². The van der Waals surface area contributed by atoms with E-state index in [1.807, 2.05) is 74.5 Å². The molecule has 2 rings (SSSR count). The number of hydrogen-bond donors (Lipinski definition) is 0. The van der Waals surface area contributed by atoms with Crippen LogP contribution >= 0.6 is 0 Å². The Bertz CT molecular complexity index is 652. The summed E-state index contributed by atoms with van der Waals surface area (Å²) >= 11 is 0. The van der Waals surface area contributed by atoms with Crippen LogP contribution < -0.4 is 0 Å². The van der Waals surface area contributed by atoms with Crippen molar-refractivity contribution in [3.8, 4) is 0 Å². The van der Waals surface area contributed by atoms with Gasteiger partial charge in [-0.05, 0) is 36.1 Å². The Hall–Kier alpha value is -2.40. The van der Waals surface area contributed by atoms with Crippen LogP contribution in [-0.4, -0.2) is 32.5 Å². The van der Waals surface area contributed by atoms with E-state index in [1.54, 1.807) is 0 Å². The molecule has 0 radical (unpaired) electrons. The Labute approximate surface area is 162 Å². The lowest BCUT2D eigenvalue weighted by Crippen LogP contribution is -2.57. The second-order valence-electron chi connectivity index (χ2n) is 6.68. The van der Waals surface area contributed by atoms with Gasteiger partial charge in [0.2, 0.25) is 0 Å². The lowest BCUT2D eigenvalue weighted by Gasteiger charge is -2.27. The summed E-state index contributed by atoms with van der Waals surface area (Å²) in [5.41, 5.74) is 1.17. The van der Waals surface area contributed by atoms with Crippen LogP contribution in [0.25, 0.3) is 0 Å². The maximum atomic E-state index is 13.2. The summed E-state index contributed by atoms with van der Waals surface area (Å²) in [7, 11) is -3.28. The van der Waals surface area contributed by atoms with E-state index < -0.39 is 8.07 Å². The second kappa shape index (κ2) is 10.7. The molecule has 0 heterocycles. The van der Waals surface area contributed by atoms with E-state index in [4.69, 9.17) is 9.47 Å². The van der Waals surface area contributed by atoms with Crippen molar-refractivity contribution in [2.24, 2.45) is 0 Å². The third-order valence-corrected chi connectivity index (χ3v) is 8.23. The first-order valence-electron chi connectivity index (χ1n) is 9.54. The van der Waals surface area contributed by atoms with Crippen LogP contribution in [0.15, 0.2) is 60.7 Å². The van der Waals surface area contributed by atoms with Crippen molar-refractivity contribution in [2.45, 2.75) is 38.8 Å². The summed E-state index contributed by atoms with van der Waals surface area (Å²) in [5, 5.41) is 0. The van der Waals surface area contributed by atoms with Crippen LogP contribution in [0.5, 0.6) is 0 Å². The van der Waals surface area contributed by atoms with Gasteiger partial charge in [-0.2, -0.15) is 0 Å². The zero-order valence-corrected chi connectivity index (χ0v) is 17.1. The topological polar surface area (TPSA) is 52.6 Å². The molecule has 0 amide bonds. The van der Waals surface area contributed by atoms with Crippen LogP contribution in [-0.2, 0) is 21.6 Å². The number of carbonyl (C=O) groups excluding carboxylic acids is 2. The maximum Gasteiger partial charge on any atom is 0.320 e. The number of benzene rings is 2. The van der Waals surface area contributed by atoms with Crippen LogP contribution in [0.4, 0.5) is 9.59 Å². The van der Waals surface area contributed by atoms with Crippen LogP contribution in [0, 0.1) is 0 Å². The standard InChI is InChI=1S/C22H28O4Si/c1-3-15-25-21(23)27(22(24)26-16-4-2,17-19-11-7-5-8-12-19)18-20-13-9-6-10-14-20/h5-14H,3-4,15-18H2,1-2H3. The molecular formula is C22H28O4Si. The van der Waals surface area contributed by atoms with E-state index in [0.29, 0.717) is 25.3 Å². The summed E-state index contributed by atoms with van der Waals surface area (Å²) in [6, 6.07) is 20.1. The van der Waals surface area contributed by atoms with Crippen molar-refractivity contribution in [2.75, 3.05) is 13.2 Å². The quantitative estimate of drug-likeness (QED) is 0.525. The Morgan fingerprint density at radius 3 is 1.41 bits per heavy atom. The molecule has 0 aromatic heterocycles. The highest BCUT2D eigenvalue weighted by Crippen LogP contribution is 2.23. The molecular weight excluding hydrogens is 356 g/mol. The molecule has 0 aliphatic rings. The molecule has 0 saturated heterocycles. The monoisotopic (exact) mass is 384 g/mol. The summed E-state index contributed by atoms with van der Waals surface area (Å²) < 4.78 is 11.0. The van der Waals surface area contributed by atoms with Gasteiger partial charge in [0.25, 0.3) is 11.2 Å². The van der Waals surface area contributed by atoms with Crippen LogP contribution in [0.3, 0.4) is 0 Å². The van der Waals surface area contributed by atoms with E-state index in [-0.39, 0.29) is 11.2 Å². The fourth-order valence-corrected chi connectivity index (χ4v) is 6.48. The minimum atomic E-state index is -3.28.